The Bertz CT molecular complexity index is 711. The first kappa shape index (κ1) is 17.9. The maximum atomic E-state index is 11.4. The number of hydrazone groups is 1. The first-order valence-corrected chi connectivity index (χ1v) is 9.03. The van der Waals surface area contributed by atoms with Gasteiger partial charge in [0, 0.05) is 5.38 Å². The summed E-state index contributed by atoms with van der Waals surface area (Å²) in [6.45, 7) is 2.12. The van der Waals surface area contributed by atoms with E-state index in [1.165, 1.54) is 11.3 Å². The number of nitrogens with one attached hydrogen (secondary N) is 1. The zero-order valence-corrected chi connectivity index (χ0v) is 16.0. The number of thiazole rings is 1. The number of aromatic nitrogens is 1. The first-order chi connectivity index (χ1) is 11.0. The van der Waals surface area contributed by atoms with Crippen molar-refractivity contribution < 1.29 is 14.6 Å². The average Bonchev–Trinajstić information content (AvgIpc) is 2.92. The maximum absolute atomic E-state index is 11.4. The second-order valence-corrected chi connectivity index (χ2v) is 6.90. The largest absolute Gasteiger partial charge is 0.506 e. The molecule has 1 heterocycles. The van der Waals surface area contributed by atoms with E-state index in [-0.39, 0.29) is 18.1 Å². The lowest BCUT2D eigenvalue weighted by atomic mass is 10.2. The number of aromatic hydroxyl groups is 1. The smallest absolute Gasteiger partial charge is 0.311 e. The van der Waals surface area contributed by atoms with Crippen molar-refractivity contribution in [1.82, 2.24) is 4.98 Å². The molecule has 9 heteroatoms. The Labute approximate surface area is 153 Å². The molecular weight excluding hydrogens is 450 g/mol. The lowest BCUT2D eigenvalue weighted by Crippen LogP contribution is -2.07. The summed E-state index contributed by atoms with van der Waals surface area (Å²) in [5.74, 6) is -0.162. The highest BCUT2D eigenvalue weighted by Gasteiger charge is 2.08. The molecule has 0 aliphatic rings. The second-order valence-electron chi connectivity index (χ2n) is 4.33. The number of phenols is 1. The van der Waals surface area contributed by atoms with Gasteiger partial charge in [-0.05, 0) is 56.5 Å². The predicted octanol–water partition coefficient (Wildman–Crippen LogP) is 3.93. The molecule has 0 atom stereocenters. The van der Waals surface area contributed by atoms with E-state index in [2.05, 4.69) is 47.4 Å². The van der Waals surface area contributed by atoms with Crippen molar-refractivity contribution in [2.24, 2.45) is 5.10 Å². The number of carbonyl (C=O) groups is 1. The summed E-state index contributed by atoms with van der Waals surface area (Å²) in [6.07, 6.45) is 1.75. The zero-order valence-electron chi connectivity index (χ0n) is 12.0. The molecule has 0 aliphatic heterocycles. The molecule has 2 N–H and O–H groups in total. The zero-order chi connectivity index (χ0) is 16.8. The molecule has 0 unspecified atom stereocenters. The molecule has 0 bridgehead atoms. The molecule has 122 valence electrons. The van der Waals surface area contributed by atoms with Gasteiger partial charge in [0.2, 0.25) is 5.13 Å². The fourth-order valence-corrected chi connectivity index (χ4v) is 3.50. The lowest BCUT2D eigenvalue weighted by molar-refractivity contribution is -0.142. The van der Waals surface area contributed by atoms with Gasteiger partial charge < -0.3 is 9.84 Å². The van der Waals surface area contributed by atoms with Crippen LogP contribution in [0.4, 0.5) is 5.13 Å². The molecule has 2 aromatic rings. The third kappa shape index (κ3) is 5.29. The Balaban J connectivity index is 1.96. The van der Waals surface area contributed by atoms with Crippen molar-refractivity contribution in [3.63, 3.8) is 0 Å². The van der Waals surface area contributed by atoms with Crippen LogP contribution in [0.1, 0.15) is 18.2 Å². The Kier molecular flexibility index (Phi) is 6.55. The van der Waals surface area contributed by atoms with E-state index < -0.39 is 0 Å². The standard InChI is InChI=1S/C14H13Br2N3O3S/c1-2-22-12(20)5-9-7-23-14(18-9)19-17-6-8-3-10(15)13(21)11(16)4-8/h3-4,6-7,21H,2,5H2,1H3,(H,18,19)/b17-6-. The fourth-order valence-electron chi connectivity index (χ4n) is 1.62. The number of rotatable bonds is 6. The maximum Gasteiger partial charge on any atom is 0.311 e. The Morgan fingerprint density at radius 2 is 2.17 bits per heavy atom. The van der Waals surface area contributed by atoms with E-state index in [0.717, 1.165) is 5.56 Å². The monoisotopic (exact) mass is 461 g/mol. The molecule has 1 aromatic heterocycles. The summed E-state index contributed by atoms with van der Waals surface area (Å²) in [5.41, 5.74) is 4.23. The SMILES string of the molecule is CCOC(=O)Cc1csc(N/N=C\c2cc(Br)c(O)c(Br)c2)n1. The van der Waals surface area contributed by atoms with E-state index in [4.69, 9.17) is 4.74 Å². The Hall–Kier alpha value is -1.45. The summed E-state index contributed by atoms with van der Waals surface area (Å²) in [4.78, 5) is 15.6. The van der Waals surface area contributed by atoms with Gasteiger partial charge in [-0.25, -0.2) is 4.98 Å². The fraction of sp³-hybridized carbons (Fsp3) is 0.214. The molecule has 2 rings (SSSR count). The van der Waals surface area contributed by atoms with E-state index in [1.54, 1.807) is 30.7 Å². The van der Waals surface area contributed by atoms with Crippen LogP contribution in [0.15, 0.2) is 31.6 Å². The summed E-state index contributed by atoms with van der Waals surface area (Å²) >= 11 is 7.86. The van der Waals surface area contributed by atoms with Crippen LogP contribution in [0.2, 0.25) is 0 Å². The summed E-state index contributed by atoms with van der Waals surface area (Å²) in [7, 11) is 0. The van der Waals surface area contributed by atoms with Crippen LogP contribution in [-0.2, 0) is 16.0 Å². The van der Waals surface area contributed by atoms with Crippen LogP contribution in [0, 0.1) is 0 Å². The number of carbonyl (C=O) groups excluding carboxylic acids is 1. The van der Waals surface area contributed by atoms with E-state index in [9.17, 15) is 9.90 Å². The molecule has 0 amide bonds. The van der Waals surface area contributed by atoms with Crippen molar-refractivity contribution in [3.8, 4) is 5.75 Å². The molecule has 6 nitrogen and oxygen atoms in total. The van der Waals surface area contributed by atoms with Gasteiger partial charge in [-0.2, -0.15) is 5.10 Å². The minimum Gasteiger partial charge on any atom is -0.506 e. The molecule has 0 radical (unpaired) electrons. The Morgan fingerprint density at radius 3 is 2.83 bits per heavy atom. The number of hydrogen-bond acceptors (Lipinski definition) is 7. The average molecular weight is 463 g/mol. The van der Waals surface area contributed by atoms with Gasteiger partial charge in [-0.1, -0.05) is 0 Å². The molecule has 0 aliphatic carbocycles. The highest BCUT2D eigenvalue weighted by Crippen LogP contribution is 2.32. The number of benzene rings is 1. The van der Waals surface area contributed by atoms with Gasteiger partial charge in [-0.15, -0.1) is 11.3 Å². The highest BCUT2D eigenvalue weighted by molar-refractivity contribution is 9.11. The van der Waals surface area contributed by atoms with E-state index >= 15 is 0 Å². The number of anilines is 1. The molecule has 0 saturated heterocycles. The van der Waals surface area contributed by atoms with Crippen molar-refractivity contribution in [2.75, 3.05) is 12.0 Å². The third-order valence-corrected chi connectivity index (χ3v) is 4.60. The minimum absolute atomic E-state index is 0.138. The topological polar surface area (TPSA) is 83.8 Å². The van der Waals surface area contributed by atoms with Crippen LogP contribution >= 0.6 is 43.2 Å². The molecule has 0 saturated carbocycles. The number of ether oxygens (including phenoxy) is 1. The molecule has 0 spiro atoms. The van der Waals surface area contributed by atoms with Gasteiger partial charge in [0.05, 0.1) is 33.9 Å². The van der Waals surface area contributed by atoms with Crippen molar-refractivity contribution in [1.29, 1.82) is 0 Å². The van der Waals surface area contributed by atoms with Crippen molar-refractivity contribution >= 4 is 60.5 Å². The van der Waals surface area contributed by atoms with Gasteiger partial charge in [0.25, 0.3) is 0 Å². The highest BCUT2D eigenvalue weighted by atomic mass is 79.9. The second kappa shape index (κ2) is 8.42. The van der Waals surface area contributed by atoms with Gasteiger partial charge in [0.1, 0.15) is 5.75 Å². The lowest BCUT2D eigenvalue weighted by Gasteiger charge is -2.01. The van der Waals surface area contributed by atoms with E-state index in [1.807, 2.05) is 0 Å². The molecular formula is C14H13Br2N3O3S. The number of phenolic OH excluding ortho intramolecular Hbond substituents is 1. The molecule has 1 aromatic carbocycles. The van der Waals surface area contributed by atoms with Gasteiger partial charge in [-0.3, -0.25) is 10.2 Å². The van der Waals surface area contributed by atoms with Crippen molar-refractivity contribution in [3.05, 3.63) is 37.7 Å². The predicted molar refractivity (Wildman–Crippen MR) is 97.2 cm³/mol. The summed E-state index contributed by atoms with van der Waals surface area (Å²) < 4.78 is 6.01. The van der Waals surface area contributed by atoms with Crippen LogP contribution in [0.25, 0.3) is 0 Å². The van der Waals surface area contributed by atoms with Crippen molar-refractivity contribution in [2.45, 2.75) is 13.3 Å². The Morgan fingerprint density at radius 1 is 1.48 bits per heavy atom. The number of halogens is 2. The van der Waals surface area contributed by atoms with Crippen LogP contribution in [0.5, 0.6) is 5.75 Å². The first-order valence-electron chi connectivity index (χ1n) is 6.56. The van der Waals surface area contributed by atoms with E-state index in [0.29, 0.717) is 26.4 Å². The van der Waals surface area contributed by atoms with Crippen LogP contribution in [0.3, 0.4) is 0 Å². The number of hydrogen-bond donors (Lipinski definition) is 2. The van der Waals surface area contributed by atoms with Crippen LogP contribution < -0.4 is 5.43 Å². The summed E-state index contributed by atoms with van der Waals surface area (Å²) in [5, 5.41) is 16.1. The number of esters is 1. The van der Waals surface area contributed by atoms with Crippen LogP contribution in [-0.4, -0.2) is 28.9 Å². The normalized spacial score (nSPS) is 10.9. The summed E-state index contributed by atoms with van der Waals surface area (Å²) in [6, 6.07) is 3.47. The molecule has 0 fully saturated rings. The molecule has 23 heavy (non-hydrogen) atoms. The number of nitrogens with zero attached hydrogens (tertiary/aromatic N) is 2. The van der Waals surface area contributed by atoms with Gasteiger partial charge in [0.15, 0.2) is 0 Å². The quantitative estimate of drug-likeness (QED) is 0.386. The van der Waals surface area contributed by atoms with Gasteiger partial charge >= 0.3 is 5.97 Å². The minimum atomic E-state index is -0.299. The third-order valence-electron chi connectivity index (χ3n) is 2.60.